The lowest BCUT2D eigenvalue weighted by Gasteiger charge is -2.38. The lowest BCUT2D eigenvalue weighted by molar-refractivity contribution is -0.114. The first-order valence-electron chi connectivity index (χ1n) is 9.90. The van der Waals surface area contributed by atoms with E-state index in [4.69, 9.17) is 0 Å². The standard InChI is InChI=1S/C21H23N5O3S2/c1-16(27)22-20-23-24-21(30-20)31(28,29)26-14-12-25(13-15-26)19(17-8-4-2-5-9-17)18-10-6-3-7-11-18/h2-11,19H,12-15H2,1H3,(H,22,23,27). The Bertz CT molecular complexity index is 1090. The zero-order chi connectivity index (χ0) is 21.8. The highest BCUT2D eigenvalue weighted by atomic mass is 32.2. The molecule has 1 amide bonds. The van der Waals surface area contributed by atoms with Gasteiger partial charge in [0.05, 0.1) is 6.04 Å². The minimum atomic E-state index is -3.76. The Morgan fingerprint density at radius 3 is 2.00 bits per heavy atom. The predicted molar refractivity (Wildman–Crippen MR) is 119 cm³/mol. The number of piperazine rings is 1. The van der Waals surface area contributed by atoms with Crippen LogP contribution in [0.15, 0.2) is 65.0 Å². The van der Waals surface area contributed by atoms with Gasteiger partial charge in [0.25, 0.3) is 10.0 Å². The Morgan fingerprint density at radius 2 is 1.48 bits per heavy atom. The maximum Gasteiger partial charge on any atom is 0.272 e. The van der Waals surface area contributed by atoms with Gasteiger partial charge in [0.15, 0.2) is 0 Å². The first-order chi connectivity index (χ1) is 14.9. The molecular weight excluding hydrogens is 434 g/mol. The minimum absolute atomic E-state index is 0.0557. The predicted octanol–water partition coefficient (Wildman–Crippen LogP) is 2.59. The molecule has 0 spiro atoms. The summed E-state index contributed by atoms with van der Waals surface area (Å²) in [6.07, 6.45) is 0. The van der Waals surface area contributed by atoms with Crippen LogP contribution in [0.4, 0.5) is 5.13 Å². The third-order valence-corrected chi connectivity index (χ3v) is 8.20. The van der Waals surface area contributed by atoms with Gasteiger partial charge in [-0.25, -0.2) is 8.42 Å². The summed E-state index contributed by atoms with van der Waals surface area (Å²) in [5, 5.41) is 10.2. The molecule has 31 heavy (non-hydrogen) atoms. The maximum atomic E-state index is 13.0. The summed E-state index contributed by atoms with van der Waals surface area (Å²) in [7, 11) is -3.76. The number of rotatable bonds is 6. The number of carbonyl (C=O) groups is 1. The van der Waals surface area contributed by atoms with E-state index in [0.29, 0.717) is 26.2 Å². The van der Waals surface area contributed by atoms with E-state index in [-0.39, 0.29) is 21.4 Å². The molecule has 0 saturated carbocycles. The van der Waals surface area contributed by atoms with Crippen molar-refractivity contribution in [1.82, 2.24) is 19.4 Å². The van der Waals surface area contributed by atoms with Crippen molar-refractivity contribution in [3.05, 3.63) is 71.8 Å². The molecule has 2 heterocycles. The summed E-state index contributed by atoms with van der Waals surface area (Å²) in [6.45, 7) is 3.22. The van der Waals surface area contributed by atoms with Gasteiger partial charge in [0, 0.05) is 33.1 Å². The molecular formula is C21H23N5O3S2. The second-order valence-corrected chi connectivity index (χ2v) is 10.3. The quantitative estimate of drug-likeness (QED) is 0.572. The van der Waals surface area contributed by atoms with Gasteiger partial charge in [0.1, 0.15) is 0 Å². The molecule has 0 bridgehead atoms. The maximum absolute atomic E-state index is 13.0. The largest absolute Gasteiger partial charge is 0.301 e. The Hall–Kier alpha value is -2.66. The molecule has 10 heteroatoms. The summed E-state index contributed by atoms with van der Waals surface area (Å²) < 4.78 is 27.3. The first kappa shape index (κ1) is 21.6. The molecule has 1 aliphatic heterocycles. The van der Waals surface area contributed by atoms with Gasteiger partial charge < -0.3 is 5.32 Å². The third-order valence-electron chi connectivity index (χ3n) is 5.12. The Balaban J connectivity index is 1.51. The van der Waals surface area contributed by atoms with E-state index in [1.807, 2.05) is 36.4 Å². The van der Waals surface area contributed by atoms with Gasteiger partial charge in [-0.1, -0.05) is 72.0 Å². The third kappa shape index (κ3) is 4.82. The van der Waals surface area contributed by atoms with Crippen LogP contribution in [-0.4, -0.2) is 59.9 Å². The number of amides is 1. The van der Waals surface area contributed by atoms with Gasteiger partial charge in [-0.3, -0.25) is 9.69 Å². The van der Waals surface area contributed by atoms with Crippen LogP contribution in [-0.2, 0) is 14.8 Å². The van der Waals surface area contributed by atoms with Crippen molar-refractivity contribution in [3.63, 3.8) is 0 Å². The highest BCUT2D eigenvalue weighted by molar-refractivity contribution is 7.91. The summed E-state index contributed by atoms with van der Waals surface area (Å²) in [5.41, 5.74) is 2.35. The number of benzene rings is 2. The van der Waals surface area contributed by atoms with Crippen LogP contribution in [0.5, 0.6) is 0 Å². The molecule has 1 N–H and O–H groups in total. The van der Waals surface area contributed by atoms with E-state index >= 15 is 0 Å². The second-order valence-electron chi connectivity index (χ2n) is 7.22. The van der Waals surface area contributed by atoms with E-state index in [9.17, 15) is 13.2 Å². The molecule has 1 aromatic heterocycles. The lowest BCUT2D eigenvalue weighted by Crippen LogP contribution is -2.49. The van der Waals surface area contributed by atoms with Crippen LogP contribution in [0.2, 0.25) is 0 Å². The van der Waals surface area contributed by atoms with E-state index in [1.54, 1.807) is 0 Å². The smallest absolute Gasteiger partial charge is 0.272 e. The Kier molecular flexibility index (Phi) is 6.42. The van der Waals surface area contributed by atoms with Crippen LogP contribution < -0.4 is 5.32 Å². The molecule has 1 saturated heterocycles. The number of aromatic nitrogens is 2. The average molecular weight is 458 g/mol. The molecule has 1 fully saturated rings. The highest BCUT2D eigenvalue weighted by Crippen LogP contribution is 2.31. The van der Waals surface area contributed by atoms with Crippen molar-refractivity contribution in [2.45, 2.75) is 17.3 Å². The summed E-state index contributed by atoms with van der Waals surface area (Å²) in [5.74, 6) is -0.318. The fourth-order valence-electron chi connectivity index (χ4n) is 3.71. The average Bonchev–Trinajstić information content (AvgIpc) is 3.25. The molecule has 0 aliphatic carbocycles. The van der Waals surface area contributed by atoms with Crippen molar-refractivity contribution < 1.29 is 13.2 Å². The fraction of sp³-hybridized carbons (Fsp3) is 0.286. The number of nitrogens with one attached hydrogen (secondary N) is 1. The van der Waals surface area contributed by atoms with E-state index in [1.165, 1.54) is 22.4 Å². The van der Waals surface area contributed by atoms with Gasteiger partial charge in [-0.05, 0) is 11.1 Å². The summed E-state index contributed by atoms with van der Waals surface area (Å²) in [6, 6.07) is 20.5. The van der Waals surface area contributed by atoms with E-state index in [0.717, 1.165) is 11.3 Å². The monoisotopic (exact) mass is 457 g/mol. The molecule has 2 aromatic carbocycles. The lowest BCUT2D eigenvalue weighted by atomic mass is 9.96. The number of sulfonamides is 1. The normalized spacial score (nSPS) is 15.8. The van der Waals surface area contributed by atoms with Crippen molar-refractivity contribution in [3.8, 4) is 0 Å². The topological polar surface area (TPSA) is 95.5 Å². The molecule has 162 valence electrons. The second kappa shape index (κ2) is 9.23. The van der Waals surface area contributed by atoms with Crippen LogP contribution in [0.3, 0.4) is 0 Å². The van der Waals surface area contributed by atoms with Gasteiger partial charge in [-0.2, -0.15) is 4.31 Å². The van der Waals surface area contributed by atoms with E-state index < -0.39 is 10.0 Å². The van der Waals surface area contributed by atoms with Crippen LogP contribution in [0.25, 0.3) is 0 Å². The zero-order valence-corrected chi connectivity index (χ0v) is 18.6. The van der Waals surface area contributed by atoms with Crippen LogP contribution in [0.1, 0.15) is 24.1 Å². The van der Waals surface area contributed by atoms with Gasteiger partial charge >= 0.3 is 0 Å². The number of hydrogen-bond acceptors (Lipinski definition) is 7. The molecule has 3 aromatic rings. The van der Waals surface area contributed by atoms with Crippen molar-refractivity contribution in [1.29, 1.82) is 0 Å². The number of hydrogen-bond donors (Lipinski definition) is 1. The summed E-state index contributed by atoms with van der Waals surface area (Å²) >= 11 is 0.865. The zero-order valence-electron chi connectivity index (χ0n) is 17.0. The first-order valence-corrected chi connectivity index (χ1v) is 12.2. The Morgan fingerprint density at radius 1 is 0.935 bits per heavy atom. The highest BCUT2D eigenvalue weighted by Gasteiger charge is 2.34. The molecule has 8 nitrogen and oxygen atoms in total. The number of anilines is 1. The van der Waals surface area contributed by atoms with Crippen LogP contribution >= 0.6 is 11.3 Å². The molecule has 0 unspecified atom stereocenters. The molecule has 4 rings (SSSR count). The molecule has 1 aliphatic rings. The Labute approximate surface area is 185 Å². The molecule has 0 radical (unpaired) electrons. The SMILES string of the molecule is CC(=O)Nc1nnc(S(=O)(=O)N2CCN(C(c3ccccc3)c3ccccc3)CC2)s1. The van der Waals surface area contributed by atoms with Crippen molar-refractivity contribution in [2.24, 2.45) is 0 Å². The number of nitrogens with zero attached hydrogens (tertiary/aromatic N) is 4. The van der Waals surface area contributed by atoms with Crippen molar-refractivity contribution in [2.75, 3.05) is 31.5 Å². The number of carbonyl (C=O) groups excluding carboxylic acids is 1. The minimum Gasteiger partial charge on any atom is -0.301 e. The molecule has 0 atom stereocenters. The fourth-order valence-corrected chi connectivity index (χ4v) is 6.22. The van der Waals surface area contributed by atoms with Gasteiger partial charge in [-0.15, -0.1) is 10.2 Å². The summed E-state index contributed by atoms with van der Waals surface area (Å²) in [4.78, 5) is 13.5. The van der Waals surface area contributed by atoms with Crippen LogP contribution in [0, 0.1) is 0 Å². The van der Waals surface area contributed by atoms with Gasteiger partial charge in [0.2, 0.25) is 15.4 Å². The van der Waals surface area contributed by atoms with E-state index in [2.05, 4.69) is 44.7 Å². The van der Waals surface area contributed by atoms with Crippen molar-refractivity contribution >= 4 is 32.4 Å².